The number of fused-ring (bicyclic) bond motifs is 1. The number of carboxylic acids is 1. The smallest absolute Gasteiger partial charge is 0.419 e. The van der Waals surface area contributed by atoms with Crippen molar-refractivity contribution in [1.82, 2.24) is 19.2 Å². The Kier molecular flexibility index (Phi) is 2.71. The van der Waals surface area contributed by atoms with Crippen molar-refractivity contribution >= 4 is 11.6 Å². The molecule has 108 valence electrons. The third-order valence-electron chi connectivity index (χ3n) is 2.84. The van der Waals surface area contributed by atoms with Gasteiger partial charge in [-0.2, -0.15) is 18.3 Å². The number of nitrogens with zero attached hydrogens (tertiary/aromatic N) is 4. The molecule has 21 heavy (non-hydrogen) atoms. The molecule has 0 atom stereocenters. The standard InChI is InChI=1S/C12H7F3N4O2/c13-12(14,15)7-5-16-19(6-7)10-9(11(20)21)18-4-2-1-3-8(18)17-10/h1-6H,(H,20,21). The Bertz CT molecular complexity index is 835. The number of alkyl halides is 3. The van der Waals surface area contributed by atoms with Gasteiger partial charge in [-0.05, 0) is 12.1 Å². The van der Waals surface area contributed by atoms with Gasteiger partial charge in [0.2, 0.25) is 0 Å². The summed E-state index contributed by atoms with van der Waals surface area (Å²) in [6.45, 7) is 0. The number of imidazole rings is 1. The molecular formula is C12H7F3N4O2. The van der Waals surface area contributed by atoms with Crippen molar-refractivity contribution in [2.75, 3.05) is 0 Å². The van der Waals surface area contributed by atoms with Crippen molar-refractivity contribution in [3.8, 4) is 5.82 Å². The molecule has 0 aliphatic carbocycles. The summed E-state index contributed by atoms with van der Waals surface area (Å²) in [4.78, 5) is 15.4. The predicted octanol–water partition coefficient (Wildman–Crippen LogP) is 2.24. The number of carboxylic acid groups (broad SMARTS) is 1. The highest BCUT2D eigenvalue weighted by Crippen LogP contribution is 2.29. The minimum absolute atomic E-state index is 0.177. The van der Waals surface area contributed by atoms with E-state index < -0.39 is 17.7 Å². The first-order valence-electron chi connectivity index (χ1n) is 5.70. The average Bonchev–Trinajstić information content (AvgIpc) is 3.02. The number of pyridine rings is 1. The molecule has 0 aromatic carbocycles. The van der Waals surface area contributed by atoms with Crippen LogP contribution in [0, 0.1) is 0 Å². The topological polar surface area (TPSA) is 72.4 Å². The van der Waals surface area contributed by atoms with Crippen LogP contribution in [0.2, 0.25) is 0 Å². The summed E-state index contributed by atoms with van der Waals surface area (Å²) in [6.07, 6.45) is -1.77. The van der Waals surface area contributed by atoms with Gasteiger partial charge in [0.25, 0.3) is 0 Å². The number of carbonyl (C=O) groups is 1. The molecule has 0 aliphatic rings. The Morgan fingerprint density at radius 3 is 2.67 bits per heavy atom. The van der Waals surface area contributed by atoms with E-state index in [1.54, 1.807) is 18.2 Å². The molecule has 0 saturated heterocycles. The lowest BCUT2D eigenvalue weighted by molar-refractivity contribution is -0.137. The Labute approximate surface area is 115 Å². The molecule has 0 unspecified atom stereocenters. The first-order chi connectivity index (χ1) is 9.88. The quantitative estimate of drug-likeness (QED) is 0.787. The molecule has 0 bridgehead atoms. The molecule has 0 spiro atoms. The molecular weight excluding hydrogens is 289 g/mol. The van der Waals surface area contributed by atoms with Gasteiger partial charge >= 0.3 is 12.1 Å². The number of hydrogen-bond acceptors (Lipinski definition) is 3. The third kappa shape index (κ3) is 2.12. The molecule has 0 radical (unpaired) electrons. The minimum atomic E-state index is -4.55. The molecule has 3 aromatic heterocycles. The summed E-state index contributed by atoms with van der Waals surface area (Å²) in [5, 5.41) is 12.8. The van der Waals surface area contributed by atoms with Gasteiger partial charge in [-0.25, -0.2) is 14.5 Å². The van der Waals surface area contributed by atoms with Gasteiger partial charge < -0.3 is 5.11 Å². The zero-order valence-corrected chi connectivity index (χ0v) is 10.2. The second kappa shape index (κ2) is 4.33. The summed E-state index contributed by atoms with van der Waals surface area (Å²) < 4.78 is 39.8. The van der Waals surface area contributed by atoms with Gasteiger partial charge in [-0.3, -0.25) is 4.40 Å². The van der Waals surface area contributed by atoms with Crippen LogP contribution in [0.5, 0.6) is 0 Å². The predicted molar refractivity (Wildman–Crippen MR) is 64.3 cm³/mol. The molecule has 6 nitrogen and oxygen atoms in total. The van der Waals surface area contributed by atoms with Crippen LogP contribution >= 0.6 is 0 Å². The van der Waals surface area contributed by atoms with Crippen LogP contribution in [0.4, 0.5) is 13.2 Å². The highest BCUT2D eigenvalue weighted by atomic mass is 19.4. The van der Waals surface area contributed by atoms with Gasteiger partial charge in [0.1, 0.15) is 5.65 Å². The van der Waals surface area contributed by atoms with E-state index in [0.29, 0.717) is 18.0 Å². The van der Waals surface area contributed by atoms with Gasteiger partial charge in [-0.15, -0.1) is 0 Å². The maximum atomic E-state index is 12.6. The lowest BCUT2D eigenvalue weighted by atomic mass is 10.3. The number of aromatic carboxylic acids is 1. The molecule has 3 aromatic rings. The van der Waals surface area contributed by atoms with Crippen molar-refractivity contribution in [3.63, 3.8) is 0 Å². The fourth-order valence-corrected chi connectivity index (χ4v) is 1.93. The van der Waals surface area contributed by atoms with Gasteiger partial charge in [0.05, 0.1) is 11.8 Å². The molecule has 3 rings (SSSR count). The summed E-state index contributed by atoms with van der Waals surface area (Å²) in [7, 11) is 0. The van der Waals surface area contributed by atoms with E-state index in [-0.39, 0.29) is 11.5 Å². The van der Waals surface area contributed by atoms with E-state index in [1.807, 2.05) is 0 Å². The van der Waals surface area contributed by atoms with E-state index in [1.165, 1.54) is 10.6 Å². The molecule has 0 saturated carbocycles. The maximum absolute atomic E-state index is 12.6. The van der Waals surface area contributed by atoms with Crippen LogP contribution in [-0.4, -0.2) is 30.2 Å². The highest BCUT2D eigenvalue weighted by Gasteiger charge is 2.33. The van der Waals surface area contributed by atoms with Gasteiger partial charge in [0, 0.05) is 12.4 Å². The molecule has 3 heterocycles. The Balaban J connectivity index is 2.23. The van der Waals surface area contributed by atoms with Crippen LogP contribution in [0.1, 0.15) is 16.1 Å². The van der Waals surface area contributed by atoms with Crippen LogP contribution in [0.3, 0.4) is 0 Å². The van der Waals surface area contributed by atoms with Crippen LogP contribution in [-0.2, 0) is 6.18 Å². The number of rotatable bonds is 2. The molecule has 0 amide bonds. The lowest BCUT2D eigenvalue weighted by Gasteiger charge is -2.01. The SMILES string of the molecule is O=C(O)c1c(-n2cc(C(F)(F)F)cn2)nc2ccccn12. The number of aromatic nitrogens is 4. The average molecular weight is 296 g/mol. The van der Waals surface area contributed by atoms with E-state index in [4.69, 9.17) is 0 Å². The number of halogens is 3. The van der Waals surface area contributed by atoms with Crippen LogP contribution < -0.4 is 0 Å². The van der Waals surface area contributed by atoms with Crippen molar-refractivity contribution in [2.45, 2.75) is 6.18 Å². The molecule has 1 N–H and O–H groups in total. The summed E-state index contributed by atoms with van der Waals surface area (Å²) >= 11 is 0. The largest absolute Gasteiger partial charge is 0.476 e. The molecule has 0 fully saturated rings. The second-order valence-corrected chi connectivity index (χ2v) is 4.19. The van der Waals surface area contributed by atoms with Gasteiger partial charge in [0.15, 0.2) is 11.5 Å². The van der Waals surface area contributed by atoms with E-state index in [0.717, 1.165) is 4.68 Å². The lowest BCUT2D eigenvalue weighted by Crippen LogP contribution is -2.08. The number of hydrogen-bond donors (Lipinski definition) is 1. The monoisotopic (exact) mass is 296 g/mol. The van der Waals surface area contributed by atoms with Crippen LogP contribution in [0.15, 0.2) is 36.8 Å². The normalized spacial score (nSPS) is 12.0. The van der Waals surface area contributed by atoms with E-state index in [9.17, 15) is 23.1 Å². The van der Waals surface area contributed by atoms with Crippen molar-refractivity contribution in [1.29, 1.82) is 0 Å². The van der Waals surface area contributed by atoms with E-state index in [2.05, 4.69) is 10.1 Å². The van der Waals surface area contributed by atoms with Crippen molar-refractivity contribution < 1.29 is 23.1 Å². The Morgan fingerprint density at radius 1 is 1.29 bits per heavy atom. The van der Waals surface area contributed by atoms with Crippen molar-refractivity contribution in [2.24, 2.45) is 0 Å². The fraction of sp³-hybridized carbons (Fsp3) is 0.0833. The third-order valence-corrected chi connectivity index (χ3v) is 2.84. The zero-order valence-electron chi connectivity index (χ0n) is 10.2. The van der Waals surface area contributed by atoms with Crippen LogP contribution in [0.25, 0.3) is 11.5 Å². The van der Waals surface area contributed by atoms with Gasteiger partial charge in [-0.1, -0.05) is 6.07 Å². The first kappa shape index (κ1) is 13.2. The fourth-order valence-electron chi connectivity index (χ4n) is 1.93. The summed E-state index contributed by atoms with van der Waals surface area (Å²) in [5.41, 5.74) is -0.938. The first-order valence-corrected chi connectivity index (χ1v) is 5.70. The summed E-state index contributed by atoms with van der Waals surface area (Å²) in [5.74, 6) is -1.49. The zero-order chi connectivity index (χ0) is 15.2. The second-order valence-electron chi connectivity index (χ2n) is 4.19. The minimum Gasteiger partial charge on any atom is -0.476 e. The Hall–Kier alpha value is -2.84. The highest BCUT2D eigenvalue weighted by molar-refractivity contribution is 5.90. The summed E-state index contributed by atoms with van der Waals surface area (Å²) in [6, 6.07) is 4.78. The molecule has 9 heteroatoms. The van der Waals surface area contributed by atoms with Crippen molar-refractivity contribution in [3.05, 3.63) is 48.0 Å². The Morgan fingerprint density at radius 2 is 2.05 bits per heavy atom. The van der Waals surface area contributed by atoms with E-state index >= 15 is 0 Å². The maximum Gasteiger partial charge on any atom is 0.419 e. The molecule has 0 aliphatic heterocycles.